The summed E-state index contributed by atoms with van der Waals surface area (Å²) in [5, 5.41) is 4.87. The fraction of sp³-hybridized carbons (Fsp3) is 0.357. The van der Waals surface area contributed by atoms with Crippen molar-refractivity contribution < 1.29 is 4.79 Å². The Bertz CT molecular complexity index is 1400. The number of amides is 1. The van der Waals surface area contributed by atoms with Crippen molar-refractivity contribution in [3.8, 4) is 11.3 Å². The molecule has 2 fully saturated rings. The molecular formula is C28H31N7O. The lowest BCUT2D eigenvalue weighted by Gasteiger charge is -2.34. The first-order valence-corrected chi connectivity index (χ1v) is 12.8. The minimum absolute atomic E-state index is 0.0505. The van der Waals surface area contributed by atoms with E-state index in [1.807, 2.05) is 70.2 Å². The Morgan fingerprint density at radius 1 is 1.00 bits per heavy atom. The van der Waals surface area contributed by atoms with E-state index in [9.17, 15) is 4.79 Å². The number of carbonyl (C=O) groups is 1. The van der Waals surface area contributed by atoms with E-state index in [2.05, 4.69) is 11.8 Å². The van der Waals surface area contributed by atoms with Gasteiger partial charge in [0.1, 0.15) is 11.5 Å². The van der Waals surface area contributed by atoms with Crippen LogP contribution in [-0.2, 0) is 0 Å². The minimum Gasteiger partial charge on any atom is -0.355 e. The van der Waals surface area contributed by atoms with Gasteiger partial charge in [-0.1, -0.05) is 36.4 Å². The van der Waals surface area contributed by atoms with Gasteiger partial charge in [0, 0.05) is 49.1 Å². The highest BCUT2D eigenvalue weighted by molar-refractivity contribution is 5.93. The zero-order valence-corrected chi connectivity index (χ0v) is 20.5. The van der Waals surface area contributed by atoms with E-state index >= 15 is 0 Å². The largest absolute Gasteiger partial charge is 0.355 e. The molecule has 1 aromatic carbocycles. The number of likely N-dealkylation sites (tertiary alicyclic amines) is 1. The zero-order valence-electron chi connectivity index (χ0n) is 20.5. The third-order valence-electron chi connectivity index (χ3n) is 7.29. The molecule has 2 atom stereocenters. The van der Waals surface area contributed by atoms with Gasteiger partial charge in [-0.25, -0.2) is 14.5 Å². The molecular weight excluding hydrogens is 450 g/mol. The van der Waals surface area contributed by atoms with Crippen LogP contribution >= 0.6 is 0 Å². The molecule has 0 radical (unpaired) electrons. The lowest BCUT2D eigenvalue weighted by Crippen LogP contribution is -2.39. The van der Waals surface area contributed by atoms with Crippen LogP contribution in [0, 0.1) is 6.92 Å². The molecule has 0 spiro atoms. The Morgan fingerprint density at radius 3 is 2.67 bits per heavy atom. The number of piperidine rings is 1. The monoisotopic (exact) mass is 481 g/mol. The van der Waals surface area contributed by atoms with Crippen LogP contribution in [0.25, 0.3) is 16.9 Å². The molecule has 6 rings (SSSR count). The molecule has 2 saturated heterocycles. The van der Waals surface area contributed by atoms with Crippen molar-refractivity contribution in [2.24, 2.45) is 5.73 Å². The van der Waals surface area contributed by atoms with Crippen molar-refractivity contribution in [3.05, 3.63) is 77.7 Å². The van der Waals surface area contributed by atoms with Crippen molar-refractivity contribution in [3.63, 3.8) is 0 Å². The predicted octanol–water partition coefficient (Wildman–Crippen LogP) is 4.00. The molecule has 0 bridgehead atoms. The van der Waals surface area contributed by atoms with Gasteiger partial charge in [0.05, 0.1) is 17.4 Å². The molecule has 8 nitrogen and oxygen atoms in total. The molecule has 5 heterocycles. The molecule has 36 heavy (non-hydrogen) atoms. The van der Waals surface area contributed by atoms with Crippen LogP contribution in [0.4, 0.5) is 5.82 Å². The summed E-state index contributed by atoms with van der Waals surface area (Å²) < 4.78 is 1.84. The molecule has 8 heteroatoms. The number of aromatic nitrogens is 4. The maximum Gasteiger partial charge on any atom is 0.273 e. The van der Waals surface area contributed by atoms with Crippen molar-refractivity contribution >= 4 is 17.4 Å². The van der Waals surface area contributed by atoms with E-state index in [0.29, 0.717) is 12.2 Å². The highest BCUT2D eigenvalue weighted by Gasteiger charge is 2.32. The number of benzene rings is 1. The summed E-state index contributed by atoms with van der Waals surface area (Å²) in [7, 11) is 0. The highest BCUT2D eigenvalue weighted by atomic mass is 16.2. The number of hydrogen-bond donors (Lipinski definition) is 1. The Balaban J connectivity index is 1.30. The van der Waals surface area contributed by atoms with Crippen molar-refractivity contribution in [2.75, 3.05) is 24.5 Å². The number of carbonyl (C=O) groups excluding carboxylic acids is 1. The van der Waals surface area contributed by atoms with Gasteiger partial charge >= 0.3 is 0 Å². The van der Waals surface area contributed by atoms with Gasteiger partial charge in [0.25, 0.3) is 5.91 Å². The SMILES string of the molecule is Cc1cn2nc([C@@H]3CCCCN3C(=O)c3cccc(-c4ccccc4)n3)cc2nc1N1CC[C@H](N)C1. The fourth-order valence-corrected chi connectivity index (χ4v) is 5.43. The summed E-state index contributed by atoms with van der Waals surface area (Å²) in [5.41, 5.74) is 11.2. The van der Waals surface area contributed by atoms with Crippen molar-refractivity contribution in [1.82, 2.24) is 24.5 Å². The number of fused-ring (bicyclic) bond motifs is 1. The van der Waals surface area contributed by atoms with Gasteiger partial charge in [0.2, 0.25) is 0 Å². The lowest BCUT2D eigenvalue weighted by atomic mass is 9.98. The summed E-state index contributed by atoms with van der Waals surface area (Å²) >= 11 is 0. The second-order valence-corrected chi connectivity index (χ2v) is 9.90. The number of pyridine rings is 1. The first kappa shape index (κ1) is 22.7. The first-order chi connectivity index (χ1) is 17.6. The number of nitrogens with zero attached hydrogens (tertiary/aromatic N) is 6. The second kappa shape index (κ2) is 9.35. The number of aryl methyl sites for hydroxylation is 1. The molecule has 0 unspecified atom stereocenters. The molecule has 0 saturated carbocycles. The summed E-state index contributed by atoms with van der Waals surface area (Å²) in [5.74, 6) is 0.922. The molecule has 0 aliphatic carbocycles. The average Bonchev–Trinajstić information content (AvgIpc) is 3.54. The van der Waals surface area contributed by atoms with Gasteiger partial charge in [0.15, 0.2) is 5.65 Å². The average molecular weight is 482 g/mol. The molecule has 1 amide bonds. The zero-order chi connectivity index (χ0) is 24.6. The fourth-order valence-electron chi connectivity index (χ4n) is 5.43. The van der Waals surface area contributed by atoms with E-state index in [4.69, 9.17) is 20.8 Å². The van der Waals surface area contributed by atoms with E-state index in [1.54, 1.807) is 0 Å². The molecule has 2 N–H and O–H groups in total. The van der Waals surface area contributed by atoms with Gasteiger partial charge in [-0.3, -0.25) is 4.79 Å². The lowest BCUT2D eigenvalue weighted by molar-refractivity contribution is 0.0599. The van der Waals surface area contributed by atoms with E-state index in [-0.39, 0.29) is 18.0 Å². The predicted molar refractivity (Wildman–Crippen MR) is 140 cm³/mol. The van der Waals surface area contributed by atoms with Crippen LogP contribution in [0.2, 0.25) is 0 Å². The smallest absolute Gasteiger partial charge is 0.273 e. The summed E-state index contributed by atoms with van der Waals surface area (Å²) in [6.45, 7) is 4.50. The van der Waals surface area contributed by atoms with Crippen LogP contribution in [0.1, 0.15) is 53.5 Å². The van der Waals surface area contributed by atoms with E-state index < -0.39 is 0 Å². The second-order valence-electron chi connectivity index (χ2n) is 9.90. The van der Waals surface area contributed by atoms with Crippen LogP contribution in [-0.4, -0.2) is 56.1 Å². The summed E-state index contributed by atoms with van der Waals surface area (Å²) in [6.07, 6.45) is 5.93. The number of nitrogens with two attached hydrogens (primary N) is 1. The van der Waals surface area contributed by atoms with Gasteiger partial charge in [-0.2, -0.15) is 5.10 Å². The minimum atomic E-state index is -0.0981. The Morgan fingerprint density at radius 2 is 1.86 bits per heavy atom. The number of anilines is 1. The van der Waals surface area contributed by atoms with E-state index in [1.165, 1.54) is 0 Å². The topological polar surface area (TPSA) is 92.6 Å². The van der Waals surface area contributed by atoms with Gasteiger partial charge < -0.3 is 15.5 Å². The van der Waals surface area contributed by atoms with Crippen LogP contribution < -0.4 is 10.6 Å². The molecule has 2 aliphatic rings. The Labute approximate surface area is 210 Å². The normalized spacial score (nSPS) is 20.3. The van der Waals surface area contributed by atoms with Crippen LogP contribution in [0.5, 0.6) is 0 Å². The molecule has 184 valence electrons. The molecule has 3 aromatic heterocycles. The standard InChI is InChI=1S/C28H31N7O/c1-19-17-35-26(31-27(19)33-15-13-21(29)18-33)16-24(32-35)25-12-5-6-14-34(25)28(36)23-11-7-10-22(30-23)20-8-3-2-4-9-20/h2-4,7-11,16-17,21,25H,5-6,12-15,18,29H2,1H3/t21-,25-/m0/s1. The Kier molecular flexibility index (Phi) is 5.89. The summed E-state index contributed by atoms with van der Waals surface area (Å²) in [4.78, 5) is 27.5. The van der Waals surface area contributed by atoms with Crippen molar-refractivity contribution in [1.29, 1.82) is 0 Å². The van der Waals surface area contributed by atoms with Crippen molar-refractivity contribution in [2.45, 2.75) is 44.7 Å². The quantitative estimate of drug-likeness (QED) is 0.474. The summed E-state index contributed by atoms with van der Waals surface area (Å²) in [6, 6.07) is 17.7. The van der Waals surface area contributed by atoms with Crippen LogP contribution in [0.3, 0.4) is 0 Å². The first-order valence-electron chi connectivity index (χ1n) is 12.8. The Hall–Kier alpha value is -3.78. The maximum atomic E-state index is 13.7. The third kappa shape index (κ3) is 4.22. The maximum absolute atomic E-state index is 13.7. The highest BCUT2D eigenvalue weighted by Crippen LogP contribution is 2.33. The van der Waals surface area contributed by atoms with Gasteiger partial charge in [-0.15, -0.1) is 0 Å². The van der Waals surface area contributed by atoms with Crippen LogP contribution in [0.15, 0.2) is 60.8 Å². The van der Waals surface area contributed by atoms with E-state index in [0.717, 1.165) is 72.8 Å². The number of rotatable bonds is 4. The third-order valence-corrected chi connectivity index (χ3v) is 7.29. The molecule has 2 aliphatic heterocycles. The molecule has 4 aromatic rings. The van der Waals surface area contributed by atoms with Gasteiger partial charge in [-0.05, 0) is 44.7 Å². The number of hydrogen-bond acceptors (Lipinski definition) is 6.